The fourth-order valence-electron chi connectivity index (χ4n) is 4.81. The summed E-state index contributed by atoms with van der Waals surface area (Å²) in [5, 5.41) is 0. The zero-order valence-corrected chi connectivity index (χ0v) is 19.2. The van der Waals surface area contributed by atoms with Crippen molar-refractivity contribution in [3.63, 3.8) is 0 Å². The Labute approximate surface area is 200 Å². The Morgan fingerprint density at radius 1 is 0.735 bits per heavy atom. The van der Waals surface area contributed by atoms with Crippen LogP contribution in [-0.4, -0.2) is 18.9 Å². The van der Waals surface area contributed by atoms with Gasteiger partial charge in [-0.05, 0) is 52.6 Å². The van der Waals surface area contributed by atoms with Crippen LogP contribution in [0, 0.1) is 0 Å². The maximum absolute atomic E-state index is 13.5. The van der Waals surface area contributed by atoms with E-state index in [1.165, 1.54) is 5.56 Å². The second kappa shape index (κ2) is 9.80. The molecule has 3 heteroatoms. The number of benzene rings is 4. The number of anilines is 1. The standard InChI is InChI=1S/C31H27NO2/c1-34-27-19-17-26(18-20-27)32(22-23-11-5-2-6-12-23)31-28(24-13-7-3-8-14-24)21-29(33)30(31)25-15-9-4-10-16-25/h2-21,30-31H,22H2,1H3/t30-,31+/m0/s1. The van der Waals surface area contributed by atoms with E-state index in [2.05, 4.69) is 65.6 Å². The van der Waals surface area contributed by atoms with E-state index in [4.69, 9.17) is 4.74 Å². The summed E-state index contributed by atoms with van der Waals surface area (Å²) in [4.78, 5) is 15.9. The van der Waals surface area contributed by atoms with Crippen molar-refractivity contribution in [3.05, 3.63) is 138 Å². The van der Waals surface area contributed by atoms with Gasteiger partial charge in [0.2, 0.25) is 0 Å². The summed E-state index contributed by atoms with van der Waals surface area (Å²) in [6.45, 7) is 0.679. The fraction of sp³-hybridized carbons (Fsp3) is 0.129. The first kappa shape index (κ1) is 21.7. The fourth-order valence-corrected chi connectivity index (χ4v) is 4.81. The Hall–Kier alpha value is -4.11. The molecule has 0 saturated carbocycles. The molecule has 0 fully saturated rings. The first-order valence-electron chi connectivity index (χ1n) is 11.5. The number of rotatable bonds is 7. The predicted octanol–water partition coefficient (Wildman–Crippen LogP) is 6.52. The third-order valence-electron chi connectivity index (χ3n) is 6.44. The van der Waals surface area contributed by atoms with Crippen molar-refractivity contribution in [1.29, 1.82) is 0 Å². The minimum Gasteiger partial charge on any atom is -0.497 e. The highest BCUT2D eigenvalue weighted by Gasteiger charge is 2.41. The highest BCUT2D eigenvalue weighted by molar-refractivity contribution is 6.09. The van der Waals surface area contributed by atoms with Crippen LogP contribution in [0.1, 0.15) is 22.6 Å². The van der Waals surface area contributed by atoms with E-state index in [9.17, 15) is 4.79 Å². The highest BCUT2D eigenvalue weighted by Crippen LogP contribution is 2.42. The highest BCUT2D eigenvalue weighted by atomic mass is 16.5. The van der Waals surface area contributed by atoms with Gasteiger partial charge >= 0.3 is 0 Å². The van der Waals surface area contributed by atoms with Crippen molar-refractivity contribution in [2.75, 3.05) is 12.0 Å². The van der Waals surface area contributed by atoms with Gasteiger partial charge in [0, 0.05) is 12.2 Å². The first-order chi connectivity index (χ1) is 16.7. The predicted molar refractivity (Wildman–Crippen MR) is 138 cm³/mol. The van der Waals surface area contributed by atoms with Crippen LogP contribution in [0.2, 0.25) is 0 Å². The topological polar surface area (TPSA) is 29.5 Å². The molecule has 0 bridgehead atoms. The molecular formula is C31H27NO2. The van der Waals surface area contributed by atoms with Crippen LogP contribution in [0.5, 0.6) is 5.75 Å². The smallest absolute Gasteiger partial charge is 0.165 e. The molecule has 0 amide bonds. The molecule has 0 aromatic heterocycles. The van der Waals surface area contributed by atoms with Gasteiger partial charge < -0.3 is 9.64 Å². The Morgan fingerprint density at radius 3 is 1.94 bits per heavy atom. The third-order valence-corrected chi connectivity index (χ3v) is 6.44. The van der Waals surface area contributed by atoms with E-state index in [1.807, 2.05) is 60.7 Å². The summed E-state index contributed by atoms with van der Waals surface area (Å²) < 4.78 is 5.41. The van der Waals surface area contributed by atoms with E-state index in [0.717, 1.165) is 28.1 Å². The zero-order valence-electron chi connectivity index (χ0n) is 19.2. The van der Waals surface area contributed by atoms with Crippen LogP contribution in [-0.2, 0) is 11.3 Å². The van der Waals surface area contributed by atoms with Crippen molar-refractivity contribution in [3.8, 4) is 5.75 Å². The molecular weight excluding hydrogens is 418 g/mol. The van der Waals surface area contributed by atoms with E-state index < -0.39 is 0 Å². The quantitative estimate of drug-likeness (QED) is 0.324. The zero-order chi connectivity index (χ0) is 23.3. The van der Waals surface area contributed by atoms with Gasteiger partial charge in [-0.25, -0.2) is 0 Å². The third kappa shape index (κ3) is 4.38. The number of hydrogen-bond donors (Lipinski definition) is 0. The van der Waals surface area contributed by atoms with Crippen LogP contribution < -0.4 is 9.64 Å². The molecule has 4 aromatic carbocycles. The van der Waals surface area contributed by atoms with Crippen molar-refractivity contribution in [2.24, 2.45) is 0 Å². The minimum atomic E-state index is -0.290. The van der Waals surface area contributed by atoms with Crippen LogP contribution in [0.3, 0.4) is 0 Å². The lowest BCUT2D eigenvalue weighted by molar-refractivity contribution is -0.115. The van der Waals surface area contributed by atoms with Gasteiger partial charge in [0.15, 0.2) is 5.78 Å². The Balaban J connectivity index is 1.66. The SMILES string of the molecule is COc1ccc(N(Cc2ccccc2)[C@@H]2C(c3ccccc3)=CC(=O)[C@@H]2c2ccccc2)cc1. The number of carbonyl (C=O) groups is 1. The van der Waals surface area contributed by atoms with Gasteiger partial charge in [0.1, 0.15) is 5.75 Å². The summed E-state index contributed by atoms with van der Waals surface area (Å²) in [6, 6.07) is 38.8. The minimum absolute atomic E-state index is 0.140. The van der Waals surface area contributed by atoms with Crippen LogP contribution in [0.4, 0.5) is 5.69 Å². The summed E-state index contributed by atoms with van der Waals surface area (Å²) in [5.74, 6) is 0.660. The molecule has 1 aliphatic rings. The van der Waals surface area contributed by atoms with Crippen LogP contribution in [0.15, 0.2) is 121 Å². The van der Waals surface area contributed by atoms with Gasteiger partial charge in [-0.15, -0.1) is 0 Å². The lowest BCUT2D eigenvalue weighted by atomic mass is 9.86. The molecule has 5 rings (SSSR count). The number of nitrogens with zero attached hydrogens (tertiary/aromatic N) is 1. The van der Waals surface area contributed by atoms with Gasteiger partial charge in [-0.3, -0.25) is 4.79 Å². The average Bonchev–Trinajstić information content (AvgIpc) is 3.25. The molecule has 0 radical (unpaired) electrons. The Morgan fingerprint density at radius 2 is 1.32 bits per heavy atom. The van der Waals surface area contributed by atoms with Crippen molar-refractivity contribution >= 4 is 17.0 Å². The number of hydrogen-bond acceptors (Lipinski definition) is 3. The number of methoxy groups -OCH3 is 1. The van der Waals surface area contributed by atoms with Gasteiger partial charge in [0.25, 0.3) is 0 Å². The normalized spacial score (nSPS) is 17.3. The molecule has 4 aromatic rings. The first-order valence-corrected chi connectivity index (χ1v) is 11.5. The maximum atomic E-state index is 13.5. The van der Waals surface area contributed by atoms with Crippen molar-refractivity contribution in [1.82, 2.24) is 0 Å². The second-order valence-electron chi connectivity index (χ2n) is 8.51. The van der Waals surface area contributed by atoms with Gasteiger partial charge in [0.05, 0.1) is 19.1 Å². The molecule has 0 N–H and O–H groups in total. The lowest BCUT2D eigenvalue weighted by Gasteiger charge is -2.37. The largest absolute Gasteiger partial charge is 0.497 e. The van der Waals surface area contributed by atoms with Crippen molar-refractivity contribution < 1.29 is 9.53 Å². The molecule has 0 heterocycles. The number of carbonyl (C=O) groups excluding carboxylic acids is 1. The Kier molecular flexibility index (Phi) is 6.26. The summed E-state index contributed by atoms with van der Waals surface area (Å²) in [6.07, 6.45) is 1.85. The van der Waals surface area contributed by atoms with Crippen LogP contribution >= 0.6 is 0 Å². The summed E-state index contributed by atoms with van der Waals surface area (Å²) in [5.41, 5.74) is 5.40. The monoisotopic (exact) mass is 445 g/mol. The lowest BCUT2D eigenvalue weighted by Crippen LogP contribution is -2.39. The van der Waals surface area contributed by atoms with Gasteiger partial charge in [-0.2, -0.15) is 0 Å². The molecule has 0 aliphatic heterocycles. The van der Waals surface area contributed by atoms with Crippen molar-refractivity contribution in [2.45, 2.75) is 18.5 Å². The molecule has 3 nitrogen and oxygen atoms in total. The molecule has 1 aliphatic carbocycles. The van der Waals surface area contributed by atoms with E-state index in [-0.39, 0.29) is 17.7 Å². The molecule has 0 unspecified atom stereocenters. The van der Waals surface area contributed by atoms with E-state index >= 15 is 0 Å². The molecule has 2 atom stereocenters. The number of allylic oxidation sites excluding steroid dienone is 1. The molecule has 0 spiro atoms. The molecule has 168 valence electrons. The molecule has 34 heavy (non-hydrogen) atoms. The Bertz CT molecular complexity index is 1270. The van der Waals surface area contributed by atoms with Crippen LogP contribution in [0.25, 0.3) is 5.57 Å². The second-order valence-corrected chi connectivity index (χ2v) is 8.51. The van der Waals surface area contributed by atoms with Gasteiger partial charge in [-0.1, -0.05) is 91.0 Å². The summed E-state index contributed by atoms with van der Waals surface area (Å²) >= 11 is 0. The number of ether oxygens (including phenoxy) is 1. The maximum Gasteiger partial charge on any atom is 0.165 e. The van der Waals surface area contributed by atoms with E-state index in [0.29, 0.717) is 6.54 Å². The number of ketones is 1. The molecule has 0 saturated heterocycles. The summed E-state index contributed by atoms with van der Waals surface area (Å²) in [7, 11) is 1.67. The van der Waals surface area contributed by atoms with E-state index in [1.54, 1.807) is 7.11 Å². The average molecular weight is 446 g/mol.